The van der Waals surface area contributed by atoms with E-state index in [0.717, 1.165) is 43.0 Å². The second-order valence-electron chi connectivity index (χ2n) is 7.45. The number of hydrogen-bond donors (Lipinski definition) is 2. The van der Waals surface area contributed by atoms with Crippen LogP contribution in [-0.2, 0) is 6.67 Å². The van der Waals surface area contributed by atoms with Crippen LogP contribution in [0.4, 0.5) is 0 Å². The molecule has 3 aromatic rings. The van der Waals surface area contributed by atoms with Crippen molar-refractivity contribution in [3.8, 4) is 17.1 Å². The van der Waals surface area contributed by atoms with Crippen molar-refractivity contribution in [1.29, 1.82) is 0 Å². The highest BCUT2D eigenvalue weighted by atomic mass is 35.5. The first-order valence-electron chi connectivity index (χ1n) is 9.56. The van der Waals surface area contributed by atoms with Crippen molar-refractivity contribution in [2.45, 2.75) is 32.5 Å². The molecule has 1 unspecified atom stereocenters. The lowest BCUT2D eigenvalue weighted by atomic mass is 10.1. The van der Waals surface area contributed by atoms with E-state index in [9.17, 15) is 5.11 Å². The number of aromatic nitrogens is 3. The van der Waals surface area contributed by atoms with Gasteiger partial charge in [0.2, 0.25) is 4.77 Å². The predicted molar refractivity (Wildman–Crippen MR) is 114 cm³/mol. The molecule has 1 saturated heterocycles. The number of nitrogens with one attached hydrogen (secondary N) is 1. The van der Waals surface area contributed by atoms with Crippen molar-refractivity contribution in [1.82, 2.24) is 14.3 Å². The minimum Gasteiger partial charge on any atom is -0.387 e. The highest BCUT2D eigenvalue weighted by Crippen LogP contribution is 2.24. The van der Waals surface area contributed by atoms with Gasteiger partial charge in [-0.1, -0.05) is 23.7 Å². The fourth-order valence-corrected chi connectivity index (χ4v) is 4.20. The number of aryl methyl sites for hydroxylation is 1. The predicted octanol–water partition coefficient (Wildman–Crippen LogP) is 3.03. The molecule has 0 saturated carbocycles. The van der Waals surface area contributed by atoms with Gasteiger partial charge in [-0.25, -0.2) is 0 Å². The second-order valence-corrected chi connectivity index (χ2v) is 8.25. The molecule has 4 rings (SSSR count). The Balaban J connectivity index is 1.79. The van der Waals surface area contributed by atoms with Crippen LogP contribution in [-0.4, -0.2) is 38.6 Å². The van der Waals surface area contributed by atoms with E-state index in [1.807, 2.05) is 45.6 Å². The van der Waals surface area contributed by atoms with E-state index >= 15 is 0 Å². The lowest BCUT2D eigenvalue weighted by molar-refractivity contribution is -0.931. The minimum absolute atomic E-state index is 0.243. The average Bonchev–Trinajstić information content (AvgIpc) is 2.99. The zero-order valence-electron chi connectivity index (χ0n) is 15.8. The van der Waals surface area contributed by atoms with Crippen LogP contribution in [0.1, 0.15) is 18.4 Å². The number of aliphatic hydroxyl groups excluding tert-OH is 1. The van der Waals surface area contributed by atoms with Crippen LogP contribution in [0.3, 0.4) is 0 Å². The topological polar surface area (TPSA) is 47.4 Å². The Morgan fingerprint density at radius 3 is 2.75 bits per heavy atom. The van der Waals surface area contributed by atoms with Gasteiger partial charge < -0.3 is 10.0 Å². The number of nitrogens with zero attached hydrogens (tertiary/aromatic N) is 3. The number of halogens is 1. The second kappa shape index (κ2) is 8.17. The monoisotopic (exact) mass is 415 g/mol. The van der Waals surface area contributed by atoms with E-state index in [0.29, 0.717) is 16.5 Å². The number of aliphatic hydroxyl groups is 1. The minimum atomic E-state index is -0.243. The molecule has 2 aromatic carbocycles. The lowest BCUT2D eigenvalue weighted by Gasteiger charge is -2.26. The summed E-state index contributed by atoms with van der Waals surface area (Å²) in [5.41, 5.74) is 3.12. The third-order valence-corrected chi connectivity index (χ3v) is 5.81. The summed E-state index contributed by atoms with van der Waals surface area (Å²) in [5, 5.41) is 15.6. The fraction of sp³-hybridized carbons (Fsp3) is 0.333. The highest BCUT2D eigenvalue weighted by molar-refractivity contribution is 7.71. The number of hydrogen-bond acceptors (Lipinski definition) is 3. The molecule has 1 aliphatic heterocycles. The molecule has 0 aliphatic carbocycles. The zero-order chi connectivity index (χ0) is 19.7. The lowest BCUT2D eigenvalue weighted by Crippen LogP contribution is -3.13. The Kier molecular flexibility index (Phi) is 5.64. The first-order chi connectivity index (χ1) is 13.5. The number of quaternary nitrogens is 1. The third kappa shape index (κ3) is 4.05. The van der Waals surface area contributed by atoms with E-state index in [-0.39, 0.29) is 6.10 Å². The molecule has 1 aliphatic rings. The molecular formula is C21H24ClN4OS+. The fourth-order valence-electron chi connectivity index (χ4n) is 3.78. The molecule has 1 aromatic heterocycles. The Labute approximate surface area is 174 Å². The summed E-state index contributed by atoms with van der Waals surface area (Å²) >= 11 is 11.9. The van der Waals surface area contributed by atoms with Crippen LogP contribution < -0.4 is 4.90 Å². The first-order valence-corrected chi connectivity index (χ1v) is 10.3. The van der Waals surface area contributed by atoms with Gasteiger partial charge in [-0.2, -0.15) is 4.68 Å². The van der Waals surface area contributed by atoms with Gasteiger partial charge in [-0.15, -0.1) is 5.10 Å². The van der Waals surface area contributed by atoms with Gasteiger partial charge in [0.15, 0.2) is 12.5 Å². The summed E-state index contributed by atoms with van der Waals surface area (Å²) in [7, 11) is 0. The van der Waals surface area contributed by atoms with Crippen LogP contribution in [0, 0.1) is 11.7 Å². The Hall–Kier alpha value is -1.99. The van der Waals surface area contributed by atoms with Gasteiger partial charge >= 0.3 is 0 Å². The molecule has 0 amide bonds. The van der Waals surface area contributed by atoms with Crippen molar-refractivity contribution in [2.75, 3.05) is 13.1 Å². The Bertz CT molecular complexity index is 1030. The maximum atomic E-state index is 10.0. The molecule has 7 heteroatoms. The Morgan fingerprint density at radius 1 is 1.25 bits per heavy atom. The van der Waals surface area contributed by atoms with Gasteiger partial charge in [0.25, 0.3) is 0 Å². The molecule has 1 fully saturated rings. The Morgan fingerprint density at radius 2 is 2.04 bits per heavy atom. The molecule has 2 N–H and O–H groups in total. The van der Waals surface area contributed by atoms with E-state index in [2.05, 4.69) is 19.1 Å². The van der Waals surface area contributed by atoms with E-state index in [1.165, 1.54) is 10.5 Å². The SMILES string of the molecule is Cc1cccc(-n2c(-c3ccc(Cl)cc3)nn(C[NH+]3CCC[C@@H](O)C3)c2=S)c1. The number of piperidine rings is 1. The molecule has 146 valence electrons. The number of rotatable bonds is 4. The van der Waals surface area contributed by atoms with Crippen LogP contribution in [0.5, 0.6) is 0 Å². The third-order valence-electron chi connectivity index (χ3n) is 5.17. The van der Waals surface area contributed by atoms with Crippen molar-refractivity contribution < 1.29 is 10.0 Å². The molecule has 2 atom stereocenters. The van der Waals surface area contributed by atoms with Crippen molar-refractivity contribution >= 4 is 23.8 Å². The van der Waals surface area contributed by atoms with Crippen LogP contribution in [0.15, 0.2) is 48.5 Å². The van der Waals surface area contributed by atoms with Gasteiger partial charge in [-0.05, 0) is 73.9 Å². The highest BCUT2D eigenvalue weighted by Gasteiger charge is 2.23. The molecule has 0 radical (unpaired) electrons. The van der Waals surface area contributed by atoms with E-state index < -0.39 is 0 Å². The van der Waals surface area contributed by atoms with Gasteiger partial charge in [-0.3, -0.25) is 4.57 Å². The summed E-state index contributed by atoms with van der Waals surface area (Å²) < 4.78 is 4.56. The standard InChI is InChI=1S/C21H23ClN4OS/c1-15-4-2-5-18(12-15)26-20(16-7-9-17(22)10-8-16)23-25(21(26)28)14-24-11-3-6-19(27)13-24/h2,4-5,7-10,12,19,27H,3,6,11,13-14H2,1H3/p+1/t19-/m1/s1. The molecular weight excluding hydrogens is 392 g/mol. The van der Waals surface area contributed by atoms with Crippen LogP contribution in [0.2, 0.25) is 5.02 Å². The zero-order valence-corrected chi connectivity index (χ0v) is 17.4. The normalized spacial score (nSPS) is 19.7. The first kappa shape index (κ1) is 19.3. The number of likely N-dealkylation sites (tertiary alicyclic amines) is 1. The molecule has 0 spiro atoms. The molecule has 28 heavy (non-hydrogen) atoms. The van der Waals surface area contributed by atoms with E-state index in [1.54, 1.807) is 0 Å². The summed E-state index contributed by atoms with van der Waals surface area (Å²) in [6.07, 6.45) is 1.65. The van der Waals surface area contributed by atoms with E-state index in [4.69, 9.17) is 28.9 Å². The molecule has 5 nitrogen and oxygen atoms in total. The maximum Gasteiger partial charge on any atom is 0.207 e. The van der Waals surface area contributed by atoms with Gasteiger partial charge in [0.1, 0.15) is 12.6 Å². The van der Waals surface area contributed by atoms with Crippen LogP contribution in [0.25, 0.3) is 17.1 Å². The van der Waals surface area contributed by atoms with Crippen molar-refractivity contribution in [2.24, 2.45) is 0 Å². The smallest absolute Gasteiger partial charge is 0.207 e. The number of benzene rings is 2. The average molecular weight is 416 g/mol. The van der Waals surface area contributed by atoms with Gasteiger partial charge in [0, 0.05) is 10.6 Å². The van der Waals surface area contributed by atoms with Gasteiger partial charge in [0.05, 0.1) is 12.2 Å². The molecule has 0 bridgehead atoms. The summed E-state index contributed by atoms with van der Waals surface area (Å²) in [6, 6.07) is 15.9. The molecule has 2 heterocycles. The summed E-state index contributed by atoms with van der Waals surface area (Å²) in [4.78, 5) is 1.30. The largest absolute Gasteiger partial charge is 0.387 e. The summed E-state index contributed by atoms with van der Waals surface area (Å²) in [6.45, 7) is 4.47. The maximum absolute atomic E-state index is 10.0. The summed E-state index contributed by atoms with van der Waals surface area (Å²) in [5.74, 6) is 0.796. The van der Waals surface area contributed by atoms with Crippen molar-refractivity contribution in [3.63, 3.8) is 0 Å². The van der Waals surface area contributed by atoms with Crippen LogP contribution >= 0.6 is 23.8 Å². The van der Waals surface area contributed by atoms with Crippen molar-refractivity contribution in [3.05, 3.63) is 63.9 Å². The quantitative estimate of drug-likeness (QED) is 0.644.